The Labute approximate surface area is 161 Å². The summed E-state index contributed by atoms with van der Waals surface area (Å²) in [7, 11) is 0. The van der Waals surface area contributed by atoms with Gasteiger partial charge in [0.05, 0.1) is 12.1 Å². The van der Waals surface area contributed by atoms with Gasteiger partial charge in [-0.3, -0.25) is 0 Å². The predicted octanol–water partition coefficient (Wildman–Crippen LogP) is 4.02. The second-order valence-electron chi connectivity index (χ2n) is 8.46. The van der Waals surface area contributed by atoms with Crippen molar-refractivity contribution in [2.75, 3.05) is 6.61 Å². The zero-order valence-electron chi connectivity index (χ0n) is 16.4. The van der Waals surface area contributed by atoms with E-state index in [2.05, 4.69) is 35.6 Å². The third-order valence-corrected chi connectivity index (χ3v) is 5.06. The molecule has 0 fully saturated rings. The average molecular weight is 367 g/mol. The van der Waals surface area contributed by atoms with Crippen molar-refractivity contribution < 1.29 is 14.6 Å². The summed E-state index contributed by atoms with van der Waals surface area (Å²) in [6.45, 7) is 5.41. The van der Waals surface area contributed by atoms with E-state index in [0.717, 1.165) is 12.8 Å². The van der Waals surface area contributed by atoms with Gasteiger partial charge in [0.15, 0.2) is 0 Å². The standard InChI is InChI=1S/C23H29NO3/c1-22(2,3)27-21(26)24-23(16-25)13-12-18-10-7-11-19(20(18)15-23)14-17-8-5-4-6-9-17/h4-11,25H,12-16H2,1-3H3,(H,24,26). The molecular formula is C23H29NO3. The maximum absolute atomic E-state index is 12.3. The van der Waals surface area contributed by atoms with Crippen LogP contribution in [0.4, 0.5) is 4.79 Å². The van der Waals surface area contributed by atoms with Crippen molar-refractivity contribution >= 4 is 6.09 Å². The molecule has 1 unspecified atom stereocenters. The van der Waals surface area contributed by atoms with Crippen LogP contribution in [-0.2, 0) is 24.0 Å². The molecule has 0 heterocycles. The van der Waals surface area contributed by atoms with Crippen molar-refractivity contribution in [3.63, 3.8) is 0 Å². The second-order valence-corrected chi connectivity index (χ2v) is 8.46. The molecule has 0 radical (unpaired) electrons. The first-order valence-corrected chi connectivity index (χ1v) is 9.56. The molecule has 0 bridgehead atoms. The van der Waals surface area contributed by atoms with Gasteiger partial charge in [0, 0.05) is 0 Å². The Balaban J connectivity index is 1.83. The van der Waals surface area contributed by atoms with E-state index in [1.165, 1.54) is 22.3 Å². The summed E-state index contributed by atoms with van der Waals surface area (Å²) in [6.07, 6.45) is 2.51. The SMILES string of the molecule is CC(C)(C)OC(=O)NC1(CO)CCc2cccc(Cc3ccccc3)c2C1. The van der Waals surface area contributed by atoms with Crippen LogP contribution >= 0.6 is 0 Å². The van der Waals surface area contributed by atoms with Gasteiger partial charge in [0.1, 0.15) is 5.60 Å². The van der Waals surface area contributed by atoms with E-state index in [1.807, 2.05) is 39.0 Å². The summed E-state index contributed by atoms with van der Waals surface area (Å²) >= 11 is 0. The van der Waals surface area contributed by atoms with Gasteiger partial charge < -0.3 is 15.2 Å². The Morgan fingerprint density at radius 2 is 1.89 bits per heavy atom. The smallest absolute Gasteiger partial charge is 0.408 e. The average Bonchev–Trinajstić information content (AvgIpc) is 2.61. The number of nitrogens with one attached hydrogen (secondary N) is 1. The van der Waals surface area contributed by atoms with E-state index in [9.17, 15) is 9.90 Å². The molecule has 2 aromatic carbocycles. The highest BCUT2D eigenvalue weighted by Gasteiger charge is 2.37. The number of amides is 1. The van der Waals surface area contributed by atoms with Crippen molar-refractivity contribution in [2.24, 2.45) is 0 Å². The third-order valence-electron chi connectivity index (χ3n) is 5.06. The number of benzene rings is 2. The number of carbonyl (C=O) groups is 1. The van der Waals surface area contributed by atoms with Crippen molar-refractivity contribution in [3.05, 3.63) is 70.8 Å². The largest absolute Gasteiger partial charge is 0.444 e. The molecule has 1 aliphatic rings. The van der Waals surface area contributed by atoms with Crippen LogP contribution in [0.1, 0.15) is 49.4 Å². The molecule has 0 aromatic heterocycles. The number of alkyl carbamates (subject to hydrolysis) is 1. The van der Waals surface area contributed by atoms with Gasteiger partial charge >= 0.3 is 6.09 Å². The van der Waals surface area contributed by atoms with Gasteiger partial charge in [-0.1, -0.05) is 48.5 Å². The van der Waals surface area contributed by atoms with Crippen LogP contribution in [0.25, 0.3) is 0 Å². The van der Waals surface area contributed by atoms with E-state index in [0.29, 0.717) is 12.8 Å². The Kier molecular flexibility index (Phi) is 5.56. The fraction of sp³-hybridized carbons (Fsp3) is 0.435. The third kappa shape index (κ3) is 4.89. The molecule has 0 saturated carbocycles. The summed E-state index contributed by atoms with van der Waals surface area (Å²) in [5.74, 6) is 0. The fourth-order valence-electron chi connectivity index (χ4n) is 3.73. The van der Waals surface area contributed by atoms with Gasteiger partial charge in [-0.05, 0) is 68.7 Å². The van der Waals surface area contributed by atoms with Gasteiger partial charge in [-0.2, -0.15) is 0 Å². The highest BCUT2D eigenvalue weighted by Crippen LogP contribution is 2.32. The fourth-order valence-corrected chi connectivity index (χ4v) is 3.73. The molecular weight excluding hydrogens is 338 g/mol. The summed E-state index contributed by atoms with van der Waals surface area (Å²) < 4.78 is 5.42. The van der Waals surface area contributed by atoms with Crippen LogP contribution in [0, 0.1) is 0 Å². The quantitative estimate of drug-likeness (QED) is 0.858. The molecule has 4 nitrogen and oxygen atoms in total. The maximum Gasteiger partial charge on any atom is 0.408 e. The lowest BCUT2D eigenvalue weighted by atomic mass is 9.76. The van der Waals surface area contributed by atoms with Crippen LogP contribution in [0.5, 0.6) is 0 Å². The summed E-state index contributed by atoms with van der Waals surface area (Å²) in [5, 5.41) is 13.1. The van der Waals surface area contributed by atoms with Gasteiger partial charge in [0.25, 0.3) is 0 Å². The molecule has 1 amide bonds. The second kappa shape index (κ2) is 7.73. The van der Waals surface area contributed by atoms with E-state index in [-0.39, 0.29) is 6.61 Å². The Hall–Kier alpha value is -2.33. The van der Waals surface area contributed by atoms with Crippen LogP contribution in [0.2, 0.25) is 0 Å². The molecule has 1 aliphatic carbocycles. The molecule has 4 heteroatoms. The minimum absolute atomic E-state index is 0.106. The molecule has 1 atom stereocenters. The van der Waals surface area contributed by atoms with E-state index in [4.69, 9.17) is 4.74 Å². The maximum atomic E-state index is 12.3. The molecule has 27 heavy (non-hydrogen) atoms. The number of hydrogen-bond acceptors (Lipinski definition) is 3. The summed E-state index contributed by atoms with van der Waals surface area (Å²) in [4.78, 5) is 12.3. The molecule has 0 aliphatic heterocycles. The number of carbonyl (C=O) groups excluding carboxylic acids is 1. The van der Waals surface area contributed by atoms with Crippen molar-refractivity contribution in [1.82, 2.24) is 5.32 Å². The lowest BCUT2D eigenvalue weighted by molar-refractivity contribution is 0.0378. The van der Waals surface area contributed by atoms with Gasteiger partial charge in [-0.25, -0.2) is 4.79 Å². The van der Waals surface area contributed by atoms with Crippen molar-refractivity contribution in [2.45, 2.75) is 57.6 Å². The first-order valence-electron chi connectivity index (χ1n) is 9.56. The normalized spacial score (nSPS) is 19.3. The highest BCUT2D eigenvalue weighted by atomic mass is 16.6. The van der Waals surface area contributed by atoms with Crippen LogP contribution < -0.4 is 5.32 Å². The van der Waals surface area contributed by atoms with E-state index < -0.39 is 17.2 Å². The highest BCUT2D eigenvalue weighted by molar-refractivity contribution is 5.69. The number of aliphatic hydroxyl groups excluding tert-OH is 1. The molecule has 2 N–H and O–H groups in total. The number of rotatable bonds is 4. The van der Waals surface area contributed by atoms with Crippen LogP contribution in [0.3, 0.4) is 0 Å². The zero-order valence-corrected chi connectivity index (χ0v) is 16.4. The minimum Gasteiger partial charge on any atom is -0.444 e. The summed E-state index contributed by atoms with van der Waals surface area (Å²) in [6, 6.07) is 16.8. The molecule has 0 spiro atoms. The van der Waals surface area contributed by atoms with Crippen LogP contribution in [0.15, 0.2) is 48.5 Å². The number of fused-ring (bicyclic) bond motifs is 1. The Bertz CT molecular complexity index is 795. The minimum atomic E-state index is -0.678. The lowest BCUT2D eigenvalue weighted by Gasteiger charge is -2.38. The van der Waals surface area contributed by atoms with Gasteiger partial charge in [-0.15, -0.1) is 0 Å². The molecule has 0 saturated heterocycles. The monoisotopic (exact) mass is 367 g/mol. The topological polar surface area (TPSA) is 58.6 Å². The Morgan fingerprint density at radius 1 is 1.15 bits per heavy atom. The Morgan fingerprint density at radius 3 is 2.56 bits per heavy atom. The predicted molar refractivity (Wildman–Crippen MR) is 107 cm³/mol. The van der Waals surface area contributed by atoms with Crippen LogP contribution in [-0.4, -0.2) is 28.9 Å². The van der Waals surface area contributed by atoms with E-state index >= 15 is 0 Å². The number of ether oxygens (including phenoxy) is 1. The van der Waals surface area contributed by atoms with E-state index in [1.54, 1.807) is 0 Å². The first kappa shape index (κ1) is 19.4. The first-order chi connectivity index (χ1) is 12.8. The van der Waals surface area contributed by atoms with Crippen molar-refractivity contribution in [1.29, 1.82) is 0 Å². The lowest BCUT2D eigenvalue weighted by Crippen LogP contribution is -2.56. The zero-order chi connectivity index (χ0) is 19.5. The summed E-state index contributed by atoms with van der Waals surface area (Å²) in [5.41, 5.74) is 3.80. The number of aliphatic hydroxyl groups is 1. The molecule has 144 valence electrons. The van der Waals surface area contributed by atoms with Gasteiger partial charge in [0.2, 0.25) is 0 Å². The molecule has 2 aromatic rings. The number of hydrogen-bond donors (Lipinski definition) is 2. The number of aryl methyl sites for hydroxylation is 1. The van der Waals surface area contributed by atoms with Crippen molar-refractivity contribution in [3.8, 4) is 0 Å². The molecule has 3 rings (SSSR count).